The Balaban J connectivity index is 1.92. The van der Waals surface area contributed by atoms with Gasteiger partial charge in [0, 0.05) is 23.7 Å². The highest BCUT2D eigenvalue weighted by molar-refractivity contribution is 7.12. The molecular formula is C13H13N3S. The fourth-order valence-corrected chi connectivity index (χ4v) is 2.28. The molecule has 2 rings (SSSR count). The first-order chi connectivity index (χ1) is 8.29. The molecule has 0 aliphatic carbocycles. The Morgan fingerprint density at radius 1 is 1.41 bits per heavy atom. The lowest BCUT2D eigenvalue weighted by atomic mass is 10.2. The van der Waals surface area contributed by atoms with E-state index in [1.165, 1.54) is 16.2 Å². The molecule has 17 heavy (non-hydrogen) atoms. The van der Waals surface area contributed by atoms with E-state index in [2.05, 4.69) is 23.3 Å². The Kier molecular flexibility index (Phi) is 3.86. The van der Waals surface area contributed by atoms with Crippen LogP contribution in [0, 0.1) is 11.3 Å². The van der Waals surface area contributed by atoms with Crippen molar-refractivity contribution >= 4 is 11.3 Å². The topological polar surface area (TPSA) is 48.7 Å². The molecule has 0 aliphatic rings. The minimum atomic E-state index is 0.212. The van der Waals surface area contributed by atoms with Crippen molar-refractivity contribution in [3.63, 3.8) is 0 Å². The van der Waals surface area contributed by atoms with Crippen LogP contribution in [-0.4, -0.2) is 4.98 Å². The van der Waals surface area contributed by atoms with Gasteiger partial charge in [0.15, 0.2) is 0 Å². The average molecular weight is 243 g/mol. The van der Waals surface area contributed by atoms with Gasteiger partial charge in [0.2, 0.25) is 0 Å². The Bertz CT molecular complexity index is 513. The second-order valence-electron chi connectivity index (χ2n) is 3.73. The molecule has 3 nitrogen and oxygen atoms in total. The van der Waals surface area contributed by atoms with Crippen molar-refractivity contribution in [3.05, 3.63) is 52.0 Å². The number of nitriles is 1. The third-order valence-corrected chi connectivity index (χ3v) is 3.48. The molecule has 1 atom stereocenters. The molecule has 0 saturated carbocycles. The Morgan fingerprint density at radius 2 is 2.29 bits per heavy atom. The summed E-state index contributed by atoms with van der Waals surface area (Å²) in [6.45, 7) is 2.85. The van der Waals surface area contributed by atoms with Gasteiger partial charge in [-0.3, -0.25) is 4.98 Å². The molecule has 0 aromatic carbocycles. The number of aromatic nitrogens is 1. The van der Waals surface area contributed by atoms with Crippen molar-refractivity contribution in [2.45, 2.75) is 19.5 Å². The number of rotatable bonds is 4. The summed E-state index contributed by atoms with van der Waals surface area (Å²) in [5, 5.41) is 12.1. The Morgan fingerprint density at radius 3 is 2.94 bits per heavy atom. The maximum atomic E-state index is 8.74. The molecule has 0 bridgehead atoms. The number of hydrogen-bond acceptors (Lipinski definition) is 4. The molecule has 2 heterocycles. The van der Waals surface area contributed by atoms with Crippen LogP contribution in [0.15, 0.2) is 36.5 Å². The van der Waals surface area contributed by atoms with Crippen molar-refractivity contribution in [2.24, 2.45) is 0 Å². The molecule has 0 saturated heterocycles. The lowest BCUT2D eigenvalue weighted by Gasteiger charge is -2.11. The fourth-order valence-electron chi connectivity index (χ4n) is 1.52. The minimum absolute atomic E-state index is 0.212. The highest BCUT2D eigenvalue weighted by Crippen LogP contribution is 2.16. The van der Waals surface area contributed by atoms with Crippen LogP contribution in [0.1, 0.15) is 28.4 Å². The van der Waals surface area contributed by atoms with E-state index in [0.29, 0.717) is 0 Å². The van der Waals surface area contributed by atoms with Gasteiger partial charge in [-0.15, -0.1) is 11.3 Å². The molecule has 0 fully saturated rings. The van der Waals surface area contributed by atoms with Crippen LogP contribution in [0.25, 0.3) is 0 Å². The van der Waals surface area contributed by atoms with E-state index in [9.17, 15) is 0 Å². The molecule has 86 valence electrons. The Labute approximate surface area is 105 Å². The van der Waals surface area contributed by atoms with Crippen molar-refractivity contribution in [1.29, 1.82) is 5.26 Å². The third-order valence-electron chi connectivity index (χ3n) is 2.49. The van der Waals surface area contributed by atoms with Gasteiger partial charge in [-0.1, -0.05) is 6.07 Å². The third kappa shape index (κ3) is 3.13. The van der Waals surface area contributed by atoms with E-state index in [1.807, 2.05) is 30.3 Å². The number of pyridine rings is 1. The van der Waals surface area contributed by atoms with Gasteiger partial charge < -0.3 is 5.32 Å². The maximum Gasteiger partial charge on any atom is 0.110 e. The summed E-state index contributed by atoms with van der Waals surface area (Å²) in [7, 11) is 0. The van der Waals surface area contributed by atoms with Gasteiger partial charge in [0.25, 0.3) is 0 Å². The van der Waals surface area contributed by atoms with Gasteiger partial charge in [-0.2, -0.15) is 5.26 Å². The molecule has 0 aliphatic heterocycles. The second-order valence-corrected chi connectivity index (χ2v) is 4.90. The first-order valence-electron chi connectivity index (χ1n) is 5.42. The predicted octanol–water partition coefficient (Wildman–Crippen LogP) is 2.87. The van der Waals surface area contributed by atoms with Crippen LogP contribution in [0.5, 0.6) is 0 Å². The number of hydrogen-bond donors (Lipinski definition) is 1. The van der Waals surface area contributed by atoms with Crippen LogP contribution >= 0.6 is 11.3 Å². The maximum absolute atomic E-state index is 8.74. The summed E-state index contributed by atoms with van der Waals surface area (Å²) < 4.78 is 0. The summed E-state index contributed by atoms with van der Waals surface area (Å²) in [4.78, 5) is 6.23. The largest absolute Gasteiger partial charge is 0.304 e. The van der Waals surface area contributed by atoms with Gasteiger partial charge in [0.05, 0.1) is 5.69 Å². The van der Waals surface area contributed by atoms with Crippen molar-refractivity contribution in [3.8, 4) is 6.07 Å². The van der Waals surface area contributed by atoms with Gasteiger partial charge in [0.1, 0.15) is 10.9 Å². The molecule has 2 aromatic heterocycles. The summed E-state index contributed by atoms with van der Waals surface area (Å²) in [6, 6.07) is 12.1. The van der Waals surface area contributed by atoms with Crippen LogP contribution in [0.4, 0.5) is 0 Å². The highest BCUT2D eigenvalue weighted by atomic mass is 32.1. The average Bonchev–Trinajstić information content (AvgIpc) is 2.85. The van der Waals surface area contributed by atoms with Crippen LogP contribution in [0.2, 0.25) is 0 Å². The lowest BCUT2D eigenvalue weighted by Crippen LogP contribution is -2.18. The molecule has 2 aromatic rings. The van der Waals surface area contributed by atoms with Crippen LogP contribution in [0.3, 0.4) is 0 Å². The van der Waals surface area contributed by atoms with Gasteiger partial charge >= 0.3 is 0 Å². The molecule has 1 N–H and O–H groups in total. The number of nitrogens with one attached hydrogen (secondary N) is 1. The van der Waals surface area contributed by atoms with Gasteiger partial charge in [-0.05, 0) is 31.2 Å². The van der Waals surface area contributed by atoms with Crippen LogP contribution in [-0.2, 0) is 6.54 Å². The molecule has 4 heteroatoms. The number of nitrogens with zero attached hydrogens (tertiary/aromatic N) is 2. The first-order valence-corrected chi connectivity index (χ1v) is 6.24. The lowest BCUT2D eigenvalue weighted by molar-refractivity contribution is 0.565. The quantitative estimate of drug-likeness (QED) is 0.898. The monoisotopic (exact) mass is 243 g/mol. The normalized spacial score (nSPS) is 12.0. The minimum Gasteiger partial charge on any atom is -0.304 e. The van der Waals surface area contributed by atoms with E-state index >= 15 is 0 Å². The summed E-state index contributed by atoms with van der Waals surface area (Å²) >= 11 is 1.53. The van der Waals surface area contributed by atoms with Crippen LogP contribution < -0.4 is 5.32 Å². The molecule has 0 radical (unpaired) electrons. The molecular weight excluding hydrogens is 230 g/mol. The highest BCUT2D eigenvalue weighted by Gasteiger charge is 2.06. The fraction of sp³-hybridized carbons (Fsp3) is 0.231. The van der Waals surface area contributed by atoms with Crippen molar-refractivity contribution in [1.82, 2.24) is 10.3 Å². The molecule has 0 amide bonds. The van der Waals surface area contributed by atoms with E-state index in [0.717, 1.165) is 17.1 Å². The molecule has 0 spiro atoms. The van der Waals surface area contributed by atoms with E-state index < -0.39 is 0 Å². The predicted molar refractivity (Wildman–Crippen MR) is 68.5 cm³/mol. The smallest absolute Gasteiger partial charge is 0.110 e. The first kappa shape index (κ1) is 11.8. The van der Waals surface area contributed by atoms with E-state index in [1.54, 1.807) is 6.20 Å². The molecule has 0 unspecified atom stereocenters. The van der Waals surface area contributed by atoms with Crippen molar-refractivity contribution < 1.29 is 0 Å². The summed E-state index contributed by atoms with van der Waals surface area (Å²) in [5.41, 5.74) is 1.03. The zero-order valence-corrected chi connectivity index (χ0v) is 10.4. The zero-order chi connectivity index (χ0) is 12.1. The number of thiophene rings is 1. The Hall–Kier alpha value is -1.70. The summed E-state index contributed by atoms with van der Waals surface area (Å²) in [5.74, 6) is 0. The summed E-state index contributed by atoms with van der Waals surface area (Å²) in [6.07, 6.45) is 1.80. The van der Waals surface area contributed by atoms with E-state index in [4.69, 9.17) is 5.26 Å². The van der Waals surface area contributed by atoms with Crippen molar-refractivity contribution in [2.75, 3.05) is 0 Å². The second kappa shape index (κ2) is 5.58. The van der Waals surface area contributed by atoms with Gasteiger partial charge in [-0.25, -0.2) is 0 Å². The SMILES string of the molecule is C[C@H](NCc1ccc(C#N)s1)c1ccccn1. The zero-order valence-electron chi connectivity index (χ0n) is 9.55. The standard InChI is InChI=1S/C13H13N3S/c1-10(13-4-2-3-7-15-13)16-9-12-6-5-11(8-14)17-12/h2-7,10,16H,9H2,1H3/t10-/m0/s1. The van der Waals surface area contributed by atoms with E-state index in [-0.39, 0.29) is 6.04 Å².